The minimum Gasteiger partial charge on any atom is -0.152 e. The molecule has 0 atom stereocenters. The zero-order valence-corrected chi connectivity index (χ0v) is 4.88. The summed E-state index contributed by atoms with van der Waals surface area (Å²) in [5, 5.41) is 4.08. The Bertz CT molecular complexity index is 64.0. The Morgan fingerprint density at radius 2 is 1.50 bits per heavy atom. The van der Waals surface area contributed by atoms with E-state index in [1.165, 1.54) is 0 Å². The van der Waals surface area contributed by atoms with Crippen molar-refractivity contribution in [2.45, 2.75) is 0 Å². The molecule has 6 heavy (non-hydrogen) atoms. The molecule has 0 saturated heterocycles. The third-order valence-electron chi connectivity index (χ3n) is 0.425. The van der Waals surface area contributed by atoms with Gasteiger partial charge in [-0.15, -0.1) is 0 Å². The highest BCUT2D eigenvalue weighted by Gasteiger charge is 1.58. The highest BCUT2D eigenvalue weighted by atomic mass is 32.1. The normalized spacial score (nSPS) is 6.67. The van der Waals surface area contributed by atoms with Crippen molar-refractivity contribution < 1.29 is 0 Å². The van der Waals surface area contributed by atoms with Gasteiger partial charge >= 0.3 is 0 Å². The van der Waals surface area contributed by atoms with E-state index in [-0.39, 0.29) is 9.90 Å². The molecule has 1 heterocycles. The fourth-order valence-electron chi connectivity index (χ4n) is 0.227. The van der Waals surface area contributed by atoms with Crippen LogP contribution in [0, 0.1) is 0 Å². The predicted octanol–water partition coefficient (Wildman–Crippen LogP) is 2.61. The van der Waals surface area contributed by atoms with E-state index in [2.05, 4.69) is 0 Å². The fraction of sp³-hybridized carbons (Fsp3) is 0. The molecule has 0 aliphatic rings. The molecule has 3 radical (unpaired) electrons. The molecule has 0 N–H and O–H groups in total. The van der Waals surface area contributed by atoms with Crippen LogP contribution in [0.1, 0.15) is 0 Å². The van der Waals surface area contributed by atoms with Gasteiger partial charge in [0.15, 0.2) is 0 Å². The predicted molar refractivity (Wildman–Crippen MR) is 31.2 cm³/mol. The van der Waals surface area contributed by atoms with E-state index in [1.54, 1.807) is 11.3 Å². The van der Waals surface area contributed by atoms with Crippen molar-refractivity contribution in [1.82, 2.24) is 0 Å². The molecule has 0 spiro atoms. The molecule has 0 aromatic carbocycles. The molecule has 0 nitrogen and oxygen atoms in total. The lowest BCUT2D eigenvalue weighted by Crippen LogP contribution is -1.16. The number of hydrogen-bond acceptors (Lipinski definition) is 1. The van der Waals surface area contributed by atoms with Crippen LogP contribution in [-0.2, 0) is 0 Å². The number of hydrogen-bond donors (Lipinski definition) is 0. The van der Waals surface area contributed by atoms with Gasteiger partial charge in [-0.2, -0.15) is 11.3 Å². The summed E-state index contributed by atoms with van der Waals surface area (Å²) in [5.74, 6) is 0. The summed E-state index contributed by atoms with van der Waals surface area (Å²) in [5.41, 5.74) is 0. The van der Waals surface area contributed by atoms with Gasteiger partial charge in [-0.05, 0) is 10.8 Å². The van der Waals surface area contributed by atoms with Crippen LogP contribution in [0.4, 0.5) is 0 Å². The SMILES string of the molecule is [P].c1ccsc1. The fourth-order valence-corrected chi connectivity index (χ4v) is 0.680. The van der Waals surface area contributed by atoms with Gasteiger partial charge in [-0.25, -0.2) is 0 Å². The molecule has 0 fully saturated rings. The van der Waals surface area contributed by atoms with Gasteiger partial charge in [0.2, 0.25) is 0 Å². The summed E-state index contributed by atoms with van der Waals surface area (Å²) < 4.78 is 0. The molecular formula is C4H4PS. The van der Waals surface area contributed by atoms with Crippen molar-refractivity contribution in [3.63, 3.8) is 0 Å². The lowest BCUT2D eigenvalue weighted by Gasteiger charge is -1.39. The standard InChI is InChI=1S/C4H4S.P/c1-2-4-5-3-1;/h1-4H;. The Kier molecular flexibility index (Phi) is 3.40. The van der Waals surface area contributed by atoms with Crippen LogP contribution < -0.4 is 0 Å². The first kappa shape index (κ1) is 6.13. The average Bonchev–Trinajstić information content (AvgIpc) is 1.76. The van der Waals surface area contributed by atoms with Crippen LogP contribution in [0.25, 0.3) is 0 Å². The maximum atomic E-state index is 2.04. The molecular weight excluding hydrogens is 111 g/mol. The zero-order valence-electron chi connectivity index (χ0n) is 3.16. The van der Waals surface area contributed by atoms with Gasteiger partial charge in [0, 0.05) is 9.90 Å². The number of rotatable bonds is 0. The second-order valence-corrected chi connectivity index (χ2v) is 1.61. The van der Waals surface area contributed by atoms with Crippen molar-refractivity contribution >= 4 is 21.2 Å². The van der Waals surface area contributed by atoms with Gasteiger partial charge < -0.3 is 0 Å². The van der Waals surface area contributed by atoms with E-state index < -0.39 is 0 Å². The van der Waals surface area contributed by atoms with E-state index in [4.69, 9.17) is 0 Å². The Morgan fingerprint density at radius 3 is 1.67 bits per heavy atom. The Hall–Kier alpha value is 0.130. The minimum atomic E-state index is 0. The molecule has 1 rings (SSSR count). The Balaban J connectivity index is 0.000000250. The minimum absolute atomic E-state index is 0. The lowest BCUT2D eigenvalue weighted by molar-refractivity contribution is 2.03. The summed E-state index contributed by atoms with van der Waals surface area (Å²) in [6.45, 7) is 0. The summed E-state index contributed by atoms with van der Waals surface area (Å²) in [6.07, 6.45) is 0. The monoisotopic (exact) mass is 115 g/mol. The molecule has 0 bridgehead atoms. The molecule has 31 valence electrons. The molecule has 0 aliphatic heterocycles. The van der Waals surface area contributed by atoms with E-state index in [0.29, 0.717) is 0 Å². The molecule has 2 heteroatoms. The molecule has 1 aromatic rings. The second-order valence-electron chi connectivity index (χ2n) is 0.793. The van der Waals surface area contributed by atoms with Gasteiger partial charge in [0.05, 0.1) is 0 Å². The quantitative estimate of drug-likeness (QED) is 0.456. The molecule has 0 unspecified atom stereocenters. The van der Waals surface area contributed by atoms with Crippen LogP contribution in [-0.4, -0.2) is 0 Å². The molecule has 0 aliphatic carbocycles. The maximum Gasteiger partial charge on any atom is 0 e. The van der Waals surface area contributed by atoms with Crippen LogP contribution in [0.5, 0.6) is 0 Å². The smallest absolute Gasteiger partial charge is 0 e. The summed E-state index contributed by atoms with van der Waals surface area (Å²) in [6, 6.07) is 4.04. The van der Waals surface area contributed by atoms with E-state index >= 15 is 0 Å². The van der Waals surface area contributed by atoms with Crippen molar-refractivity contribution in [3.8, 4) is 0 Å². The van der Waals surface area contributed by atoms with Crippen LogP contribution >= 0.6 is 21.2 Å². The van der Waals surface area contributed by atoms with Crippen molar-refractivity contribution in [1.29, 1.82) is 0 Å². The van der Waals surface area contributed by atoms with E-state index in [1.807, 2.05) is 22.9 Å². The van der Waals surface area contributed by atoms with Crippen LogP contribution in [0.2, 0.25) is 0 Å². The Morgan fingerprint density at radius 1 is 1.00 bits per heavy atom. The van der Waals surface area contributed by atoms with Gasteiger partial charge in [0.25, 0.3) is 0 Å². The molecule has 1 aromatic heterocycles. The van der Waals surface area contributed by atoms with Crippen molar-refractivity contribution in [2.24, 2.45) is 0 Å². The first-order valence-corrected chi connectivity index (χ1v) is 2.41. The van der Waals surface area contributed by atoms with Gasteiger partial charge in [-0.3, -0.25) is 0 Å². The third-order valence-corrected chi connectivity index (χ3v) is 1.05. The van der Waals surface area contributed by atoms with Crippen LogP contribution in [0.3, 0.4) is 0 Å². The largest absolute Gasteiger partial charge is 0.152 e. The third kappa shape index (κ3) is 1.54. The second kappa shape index (κ2) is 3.32. The molecule has 0 saturated carbocycles. The zero-order chi connectivity index (χ0) is 3.54. The topological polar surface area (TPSA) is 0 Å². The van der Waals surface area contributed by atoms with E-state index in [0.717, 1.165) is 0 Å². The number of thiophene rings is 1. The van der Waals surface area contributed by atoms with Gasteiger partial charge in [0.1, 0.15) is 0 Å². The lowest BCUT2D eigenvalue weighted by atomic mass is 10.7. The summed E-state index contributed by atoms with van der Waals surface area (Å²) in [7, 11) is 0. The highest BCUT2D eigenvalue weighted by Crippen LogP contribution is 1.91. The van der Waals surface area contributed by atoms with Crippen molar-refractivity contribution in [2.75, 3.05) is 0 Å². The Labute approximate surface area is 44.8 Å². The average molecular weight is 115 g/mol. The van der Waals surface area contributed by atoms with Crippen molar-refractivity contribution in [3.05, 3.63) is 22.9 Å². The first-order valence-electron chi connectivity index (χ1n) is 1.47. The van der Waals surface area contributed by atoms with Crippen LogP contribution in [0.15, 0.2) is 22.9 Å². The maximum absolute atomic E-state index is 2.04. The molecule has 0 amide bonds. The summed E-state index contributed by atoms with van der Waals surface area (Å²) in [4.78, 5) is 0. The van der Waals surface area contributed by atoms with E-state index in [9.17, 15) is 0 Å². The summed E-state index contributed by atoms with van der Waals surface area (Å²) >= 11 is 1.71. The highest BCUT2D eigenvalue weighted by molar-refractivity contribution is 7.07. The van der Waals surface area contributed by atoms with Gasteiger partial charge in [-0.1, -0.05) is 12.1 Å². The first-order chi connectivity index (χ1) is 2.50.